The molecule has 0 aliphatic rings. The maximum atomic E-state index is 3.47. The molecule has 1 N–H and O–H groups in total. The van der Waals surface area contributed by atoms with Crippen LogP contribution in [0.25, 0.3) is 6.08 Å². The van der Waals surface area contributed by atoms with Gasteiger partial charge in [-0.3, -0.25) is 0 Å². The van der Waals surface area contributed by atoms with Crippen LogP contribution in [0, 0.1) is 0 Å². The van der Waals surface area contributed by atoms with Gasteiger partial charge in [0.1, 0.15) is 0 Å². The molecule has 1 nitrogen and oxygen atoms in total. The van der Waals surface area contributed by atoms with Crippen molar-refractivity contribution in [1.29, 1.82) is 0 Å². The molecule has 1 rings (SSSR count). The van der Waals surface area contributed by atoms with Crippen molar-refractivity contribution in [3.05, 3.63) is 25.3 Å². The van der Waals surface area contributed by atoms with E-state index in [1.54, 1.807) is 11.3 Å². The van der Waals surface area contributed by atoms with Gasteiger partial charge in [-0.1, -0.05) is 13.0 Å². The highest BCUT2D eigenvalue weighted by Crippen LogP contribution is 2.32. The van der Waals surface area contributed by atoms with Crippen LogP contribution in [0.5, 0.6) is 0 Å². The first-order valence-corrected chi connectivity index (χ1v) is 6.96. The molecule has 1 aromatic heterocycles. The van der Waals surface area contributed by atoms with E-state index >= 15 is 0 Å². The second-order valence-electron chi connectivity index (χ2n) is 2.88. The molecule has 0 radical (unpaired) electrons. The summed E-state index contributed by atoms with van der Waals surface area (Å²) in [7, 11) is 0. The summed E-state index contributed by atoms with van der Waals surface area (Å²) in [4.78, 5) is 1.27. The van der Waals surface area contributed by atoms with Crippen LogP contribution in [-0.4, -0.2) is 13.1 Å². The predicted molar refractivity (Wildman–Crippen MR) is 71.9 cm³/mol. The summed E-state index contributed by atoms with van der Waals surface area (Å²) in [6.07, 6.45) is 5.48. The minimum absolute atomic E-state index is 0.945. The van der Waals surface area contributed by atoms with Crippen molar-refractivity contribution in [3.8, 4) is 0 Å². The van der Waals surface area contributed by atoms with Gasteiger partial charge in [0.05, 0.1) is 3.79 Å². The standard InChI is InChI=1S/C10H13Br2NS/c1-2-5-13-6-3-4-8-7-9(11)10(12)14-8/h3-4,7,13H,2,5-6H2,1H3/b4-3+. The van der Waals surface area contributed by atoms with Gasteiger partial charge in [-0.2, -0.15) is 0 Å². The van der Waals surface area contributed by atoms with Crippen LogP contribution in [0.3, 0.4) is 0 Å². The van der Waals surface area contributed by atoms with Gasteiger partial charge in [-0.25, -0.2) is 0 Å². The molecule has 0 atom stereocenters. The molecule has 4 heteroatoms. The van der Waals surface area contributed by atoms with Gasteiger partial charge in [-0.05, 0) is 57.0 Å². The molecule has 0 aliphatic carbocycles. The lowest BCUT2D eigenvalue weighted by molar-refractivity contribution is 0.730. The highest BCUT2D eigenvalue weighted by Gasteiger charge is 2.00. The fraction of sp³-hybridized carbons (Fsp3) is 0.400. The third-order valence-electron chi connectivity index (χ3n) is 1.64. The van der Waals surface area contributed by atoms with Gasteiger partial charge in [0.15, 0.2) is 0 Å². The first-order valence-electron chi connectivity index (χ1n) is 4.56. The first-order chi connectivity index (χ1) is 6.74. The smallest absolute Gasteiger partial charge is 0.0846 e. The molecule has 14 heavy (non-hydrogen) atoms. The summed E-state index contributed by atoms with van der Waals surface area (Å²) >= 11 is 8.67. The minimum Gasteiger partial charge on any atom is -0.313 e. The molecule has 0 amide bonds. The van der Waals surface area contributed by atoms with Gasteiger partial charge in [-0.15, -0.1) is 11.3 Å². The molecule has 1 aromatic rings. The molecule has 0 spiro atoms. The number of nitrogens with one attached hydrogen (secondary N) is 1. The average Bonchev–Trinajstić information content (AvgIpc) is 2.46. The fourth-order valence-corrected chi connectivity index (χ4v) is 3.00. The molecule has 0 fully saturated rings. The number of rotatable bonds is 5. The van der Waals surface area contributed by atoms with Crippen molar-refractivity contribution in [2.75, 3.05) is 13.1 Å². The normalized spacial score (nSPS) is 11.4. The maximum Gasteiger partial charge on any atom is 0.0846 e. The van der Waals surface area contributed by atoms with Gasteiger partial charge in [0.2, 0.25) is 0 Å². The summed E-state index contributed by atoms with van der Waals surface area (Å²) in [6.45, 7) is 4.20. The summed E-state index contributed by atoms with van der Waals surface area (Å²) in [6, 6.07) is 2.12. The Morgan fingerprint density at radius 2 is 2.29 bits per heavy atom. The minimum atomic E-state index is 0.945. The number of hydrogen-bond donors (Lipinski definition) is 1. The SMILES string of the molecule is CCCNC/C=C/c1cc(Br)c(Br)s1. The van der Waals surface area contributed by atoms with Gasteiger partial charge >= 0.3 is 0 Å². The van der Waals surface area contributed by atoms with E-state index in [1.807, 2.05) is 0 Å². The summed E-state index contributed by atoms with van der Waals surface area (Å²) in [5.74, 6) is 0. The molecule has 0 aliphatic heterocycles. The second-order valence-corrected chi connectivity index (χ2v) is 6.13. The summed E-state index contributed by atoms with van der Waals surface area (Å²) in [5, 5.41) is 3.32. The Morgan fingerprint density at radius 1 is 1.50 bits per heavy atom. The maximum absolute atomic E-state index is 3.47. The van der Waals surface area contributed by atoms with Crippen molar-refractivity contribution in [2.24, 2.45) is 0 Å². The third-order valence-corrected chi connectivity index (χ3v) is 4.86. The Hall–Kier alpha value is 0.360. The Labute approximate surface area is 106 Å². The van der Waals surface area contributed by atoms with Gasteiger partial charge in [0.25, 0.3) is 0 Å². The molecule has 78 valence electrons. The van der Waals surface area contributed by atoms with Crippen LogP contribution in [0.2, 0.25) is 0 Å². The van der Waals surface area contributed by atoms with Crippen molar-refractivity contribution < 1.29 is 0 Å². The highest BCUT2D eigenvalue weighted by atomic mass is 79.9. The number of thiophene rings is 1. The summed E-state index contributed by atoms with van der Waals surface area (Å²) < 4.78 is 2.28. The quantitative estimate of drug-likeness (QED) is 0.790. The lowest BCUT2D eigenvalue weighted by Crippen LogP contribution is -2.13. The predicted octanol–water partition coefficient (Wildman–Crippen LogP) is 4.29. The Bertz CT molecular complexity index is 288. The van der Waals surface area contributed by atoms with Crippen LogP contribution < -0.4 is 5.32 Å². The lowest BCUT2D eigenvalue weighted by Gasteiger charge is -1.95. The van der Waals surface area contributed by atoms with E-state index in [-0.39, 0.29) is 0 Å². The molecule has 1 heterocycles. The van der Waals surface area contributed by atoms with Crippen LogP contribution >= 0.6 is 43.2 Å². The molecular weight excluding hydrogens is 326 g/mol. The van der Waals surface area contributed by atoms with Crippen molar-refractivity contribution in [2.45, 2.75) is 13.3 Å². The Kier molecular flexibility index (Phi) is 6.01. The van der Waals surface area contributed by atoms with Crippen LogP contribution in [0.1, 0.15) is 18.2 Å². The van der Waals surface area contributed by atoms with Crippen LogP contribution in [-0.2, 0) is 0 Å². The van der Waals surface area contributed by atoms with E-state index < -0.39 is 0 Å². The first kappa shape index (κ1) is 12.4. The number of halogens is 2. The lowest BCUT2D eigenvalue weighted by atomic mass is 10.4. The van der Waals surface area contributed by atoms with Crippen LogP contribution in [0.4, 0.5) is 0 Å². The zero-order chi connectivity index (χ0) is 10.4. The molecule has 0 unspecified atom stereocenters. The van der Waals surface area contributed by atoms with E-state index in [4.69, 9.17) is 0 Å². The monoisotopic (exact) mass is 337 g/mol. The summed E-state index contributed by atoms with van der Waals surface area (Å²) in [5.41, 5.74) is 0. The van der Waals surface area contributed by atoms with E-state index in [0.29, 0.717) is 0 Å². The average molecular weight is 339 g/mol. The third kappa shape index (κ3) is 4.26. The van der Waals surface area contributed by atoms with Crippen molar-refractivity contribution in [1.82, 2.24) is 5.32 Å². The largest absolute Gasteiger partial charge is 0.313 e. The van der Waals surface area contributed by atoms with E-state index in [2.05, 4.69) is 62.3 Å². The molecule has 0 bridgehead atoms. The zero-order valence-electron chi connectivity index (χ0n) is 8.02. The zero-order valence-corrected chi connectivity index (χ0v) is 12.0. The second kappa shape index (κ2) is 6.77. The van der Waals surface area contributed by atoms with E-state index in [1.165, 1.54) is 11.3 Å². The van der Waals surface area contributed by atoms with E-state index in [9.17, 15) is 0 Å². The topological polar surface area (TPSA) is 12.0 Å². The fourth-order valence-electron chi connectivity index (χ4n) is 0.983. The molecule has 0 saturated carbocycles. The van der Waals surface area contributed by atoms with Crippen LogP contribution in [0.15, 0.2) is 20.4 Å². The highest BCUT2D eigenvalue weighted by molar-refractivity contribution is 9.13. The number of hydrogen-bond acceptors (Lipinski definition) is 2. The van der Waals surface area contributed by atoms with Gasteiger partial charge in [0, 0.05) is 15.9 Å². The van der Waals surface area contributed by atoms with Crippen molar-refractivity contribution >= 4 is 49.3 Å². The van der Waals surface area contributed by atoms with Crippen molar-refractivity contribution in [3.63, 3.8) is 0 Å². The Balaban J connectivity index is 2.36. The van der Waals surface area contributed by atoms with E-state index in [0.717, 1.165) is 21.3 Å². The molecule has 0 saturated heterocycles. The molecular formula is C10H13Br2NS. The Morgan fingerprint density at radius 3 is 2.86 bits per heavy atom. The molecule has 0 aromatic carbocycles. The van der Waals surface area contributed by atoms with Gasteiger partial charge < -0.3 is 5.32 Å².